The Morgan fingerprint density at radius 1 is 0.885 bits per heavy atom. The number of nitrogens with zero attached hydrogens (tertiary/aromatic N) is 2. The van der Waals surface area contributed by atoms with Crippen LogP contribution in [0.5, 0.6) is 0 Å². The van der Waals surface area contributed by atoms with E-state index in [0.717, 1.165) is 0 Å². The molecule has 26 heavy (non-hydrogen) atoms. The third kappa shape index (κ3) is 3.31. The van der Waals surface area contributed by atoms with E-state index in [0.29, 0.717) is 28.6 Å². The Labute approximate surface area is 151 Å². The van der Waals surface area contributed by atoms with Crippen LogP contribution in [0.1, 0.15) is 22.9 Å². The molecule has 7 nitrogen and oxygen atoms in total. The highest BCUT2D eigenvalue weighted by Gasteiger charge is 2.08. The molecule has 0 aliphatic rings. The number of rotatable bonds is 4. The van der Waals surface area contributed by atoms with Crippen LogP contribution in [-0.2, 0) is 0 Å². The molecule has 0 fully saturated rings. The van der Waals surface area contributed by atoms with Crippen LogP contribution >= 0.6 is 12.2 Å². The average Bonchev–Trinajstić information content (AvgIpc) is 3.31. The molecule has 8 heteroatoms. The number of hydrogen-bond donors (Lipinski definition) is 2. The van der Waals surface area contributed by atoms with Gasteiger partial charge in [-0.3, -0.25) is 9.78 Å². The minimum atomic E-state index is -0.398. The van der Waals surface area contributed by atoms with Crippen LogP contribution in [0.4, 0.5) is 0 Å². The Bertz CT molecular complexity index is 1220. The van der Waals surface area contributed by atoms with E-state index in [9.17, 15) is 4.79 Å². The first-order valence-corrected chi connectivity index (χ1v) is 8.07. The third-order valence-corrected chi connectivity index (χ3v) is 3.73. The van der Waals surface area contributed by atoms with E-state index < -0.39 is 5.56 Å². The van der Waals surface area contributed by atoms with Crippen molar-refractivity contribution < 1.29 is 8.83 Å². The summed E-state index contributed by atoms with van der Waals surface area (Å²) >= 11 is 5.00. The van der Waals surface area contributed by atoms with Crippen molar-refractivity contribution in [3.8, 4) is 0 Å². The smallest absolute Gasteiger partial charge is 0.279 e. The molecule has 0 spiro atoms. The molecular formula is C18H12N4O3S. The molecule has 0 bridgehead atoms. The number of H-pyrrole nitrogens is 2. The van der Waals surface area contributed by atoms with Crippen molar-refractivity contribution in [2.45, 2.75) is 0 Å². The van der Waals surface area contributed by atoms with E-state index in [2.05, 4.69) is 19.9 Å². The fourth-order valence-electron chi connectivity index (χ4n) is 2.35. The number of fused-ring (bicyclic) bond motifs is 1. The van der Waals surface area contributed by atoms with Gasteiger partial charge >= 0.3 is 0 Å². The second-order valence-corrected chi connectivity index (χ2v) is 5.71. The van der Waals surface area contributed by atoms with Gasteiger partial charge in [-0.1, -0.05) is 0 Å². The summed E-state index contributed by atoms with van der Waals surface area (Å²) in [6.07, 6.45) is 10.2. The molecule has 0 aliphatic heterocycles. The molecule has 0 radical (unpaired) electrons. The SMILES string of the molecule is O=c1[nH]c(=S)[nH]c2nc(/C=C/c3ccco3)c(/C=C/c3ccco3)nc12. The second-order valence-electron chi connectivity index (χ2n) is 5.30. The van der Waals surface area contributed by atoms with E-state index in [1.807, 2.05) is 12.1 Å². The third-order valence-electron chi connectivity index (χ3n) is 3.52. The Balaban J connectivity index is 1.86. The molecule has 2 N–H and O–H groups in total. The molecule has 0 aliphatic carbocycles. The first kappa shape index (κ1) is 16.0. The summed E-state index contributed by atoms with van der Waals surface area (Å²) in [6.45, 7) is 0. The van der Waals surface area contributed by atoms with Gasteiger partial charge in [0, 0.05) is 0 Å². The lowest BCUT2D eigenvalue weighted by atomic mass is 10.2. The minimum Gasteiger partial charge on any atom is -0.465 e. The van der Waals surface area contributed by atoms with Crippen LogP contribution < -0.4 is 5.56 Å². The highest BCUT2D eigenvalue weighted by atomic mass is 32.1. The van der Waals surface area contributed by atoms with E-state index in [1.54, 1.807) is 49.0 Å². The molecule has 0 unspecified atom stereocenters. The summed E-state index contributed by atoms with van der Waals surface area (Å²) in [4.78, 5) is 26.4. The quantitative estimate of drug-likeness (QED) is 0.533. The Hall–Kier alpha value is -3.52. The predicted octanol–water partition coefficient (Wildman–Crippen LogP) is 3.90. The lowest BCUT2D eigenvalue weighted by Crippen LogP contribution is -2.12. The van der Waals surface area contributed by atoms with Crippen LogP contribution in [0, 0.1) is 4.77 Å². The van der Waals surface area contributed by atoms with E-state index in [-0.39, 0.29) is 10.3 Å². The van der Waals surface area contributed by atoms with E-state index >= 15 is 0 Å². The topological polar surface area (TPSA) is 101 Å². The number of hydrogen-bond acceptors (Lipinski definition) is 6. The maximum Gasteiger partial charge on any atom is 0.279 e. The Morgan fingerprint density at radius 3 is 2.08 bits per heavy atom. The van der Waals surface area contributed by atoms with Crippen molar-refractivity contribution in [1.82, 2.24) is 19.9 Å². The lowest BCUT2D eigenvalue weighted by Gasteiger charge is -2.03. The molecule has 0 saturated heterocycles. The summed E-state index contributed by atoms with van der Waals surface area (Å²) in [6, 6.07) is 7.21. The number of aromatic amines is 2. The fourth-order valence-corrected chi connectivity index (χ4v) is 2.54. The van der Waals surface area contributed by atoms with Gasteiger partial charge in [0.05, 0.1) is 23.9 Å². The first-order chi connectivity index (χ1) is 12.7. The van der Waals surface area contributed by atoms with Crippen molar-refractivity contribution in [3.05, 3.63) is 74.8 Å². The number of nitrogens with one attached hydrogen (secondary N) is 2. The summed E-state index contributed by atoms with van der Waals surface area (Å²) in [5.74, 6) is 1.33. The molecule has 128 valence electrons. The Kier molecular flexibility index (Phi) is 4.16. The second kappa shape index (κ2) is 6.77. The van der Waals surface area contributed by atoms with Gasteiger partial charge in [-0.25, -0.2) is 9.97 Å². The highest BCUT2D eigenvalue weighted by Crippen LogP contribution is 2.16. The maximum atomic E-state index is 12.1. The zero-order chi connectivity index (χ0) is 17.9. The van der Waals surface area contributed by atoms with Gasteiger partial charge in [0.2, 0.25) is 0 Å². The summed E-state index contributed by atoms with van der Waals surface area (Å²) in [5, 5.41) is 0. The van der Waals surface area contributed by atoms with Crippen molar-refractivity contribution in [2.24, 2.45) is 0 Å². The largest absolute Gasteiger partial charge is 0.465 e. The predicted molar refractivity (Wildman–Crippen MR) is 101 cm³/mol. The van der Waals surface area contributed by atoms with Gasteiger partial charge < -0.3 is 13.8 Å². The van der Waals surface area contributed by atoms with Crippen molar-refractivity contribution in [2.75, 3.05) is 0 Å². The monoisotopic (exact) mass is 364 g/mol. The highest BCUT2D eigenvalue weighted by molar-refractivity contribution is 7.71. The summed E-state index contributed by atoms with van der Waals surface area (Å²) in [5.41, 5.74) is 1.15. The molecule has 0 aromatic carbocycles. The van der Waals surface area contributed by atoms with Crippen molar-refractivity contribution in [1.29, 1.82) is 0 Å². The molecule has 0 saturated carbocycles. The average molecular weight is 364 g/mol. The summed E-state index contributed by atoms with van der Waals surface area (Å²) in [7, 11) is 0. The van der Waals surface area contributed by atoms with Gasteiger partial charge in [0.25, 0.3) is 5.56 Å². The molecule has 4 heterocycles. The van der Waals surface area contributed by atoms with Gasteiger partial charge in [-0.15, -0.1) is 0 Å². The van der Waals surface area contributed by atoms with Crippen LogP contribution in [0.3, 0.4) is 0 Å². The number of aromatic nitrogens is 4. The van der Waals surface area contributed by atoms with Crippen LogP contribution in [0.25, 0.3) is 35.5 Å². The van der Waals surface area contributed by atoms with E-state index in [4.69, 9.17) is 21.1 Å². The Morgan fingerprint density at radius 2 is 1.50 bits per heavy atom. The number of furan rings is 2. The van der Waals surface area contributed by atoms with Crippen LogP contribution in [0.15, 0.2) is 50.4 Å². The standard InChI is InChI=1S/C18H12N4O3S/c23-17-15-16(21-18(26)22-17)20-14(8-6-12-4-2-10-25-12)13(19-15)7-5-11-3-1-9-24-11/h1-10H,(H2,20,21,22,23,26)/b7-5+,8-6+. The molecule has 4 aromatic rings. The molecule has 0 atom stereocenters. The zero-order valence-corrected chi connectivity index (χ0v) is 14.1. The van der Waals surface area contributed by atoms with Gasteiger partial charge in [0.15, 0.2) is 15.9 Å². The molecule has 0 amide bonds. The zero-order valence-electron chi connectivity index (χ0n) is 13.3. The molecule has 4 rings (SSSR count). The van der Waals surface area contributed by atoms with Crippen LogP contribution in [-0.4, -0.2) is 19.9 Å². The van der Waals surface area contributed by atoms with Gasteiger partial charge in [0.1, 0.15) is 11.5 Å². The lowest BCUT2D eigenvalue weighted by molar-refractivity contribution is 0.557. The first-order valence-electron chi connectivity index (χ1n) is 7.66. The van der Waals surface area contributed by atoms with Crippen LogP contribution in [0.2, 0.25) is 0 Å². The van der Waals surface area contributed by atoms with E-state index in [1.165, 1.54) is 0 Å². The molecule has 4 aromatic heterocycles. The van der Waals surface area contributed by atoms with Crippen molar-refractivity contribution in [3.63, 3.8) is 0 Å². The summed E-state index contributed by atoms with van der Waals surface area (Å²) < 4.78 is 10.8. The van der Waals surface area contributed by atoms with Gasteiger partial charge in [-0.2, -0.15) is 0 Å². The normalized spacial score (nSPS) is 11.8. The van der Waals surface area contributed by atoms with Crippen molar-refractivity contribution >= 4 is 47.7 Å². The fraction of sp³-hybridized carbons (Fsp3) is 0. The molecular weight excluding hydrogens is 352 g/mol. The van der Waals surface area contributed by atoms with Gasteiger partial charge in [-0.05, 0) is 60.8 Å². The maximum absolute atomic E-state index is 12.1. The minimum absolute atomic E-state index is 0.174.